The largest absolute Gasteiger partial charge is 0.389 e. The Hall–Kier alpha value is -2.37. The quantitative estimate of drug-likeness (QED) is 0.824. The number of carbonyl (C=O) groups excluding carboxylic acids is 2. The van der Waals surface area contributed by atoms with Crippen molar-refractivity contribution >= 4 is 17.5 Å². The number of aryl methyl sites for hydroxylation is 2. The van der Waals surface area contributed by atoms with Gasteiger partial charge in [0.1, 0.15) is 0 Å². The first-order valence-electron chi connectivity index (χ1n) is 7.69. The first kappa shape index (κ1) is 15.5. The lowest BCUT2D eigenvalue weighted by Gasteiger charge is -2.18. The van der Waals surface area contributed by atoms with Gasteiger partial charge in [0.2, 0.25) is 0 Å². The summed E-state index contributed by atoms with van der Waals surface area (Å²) in [7, 11) is 3.37. The number of hydrogen-bond acceptors (Lipinski definition) is 4. The van der Waals surface area contributed by atoms with Gasteiger partial charge in [0.05, 0.1) is 12.5 Å². The standard InChI is InChI=1S/C17H21N3O3/c1-10-5-11(2)7-12(6-10)16(21)20-8-13-14(9-20)23-18-15(13)17(22)19(3)4/h5-7,13-14H,8-9H2,1-4H3/t13-,14+/m0/s1. The van der Waals surface area contributed by atoms with E-state index in [1.165, 1.54) is 4.90 Å². The van der Waals surface area contributed by atoms with Gasteiger partial charge in [0, 0.05) is 26.2 Å². The molecule has 0 aliphatic carbocycles. The molecular formula is C17H21N3O3. The average Bonchev–Trinajstić information content (AvgIpc) is 3.04. The van der Waals surface area contributed by atoms with Crippen LogP contribution in [0.5, 0.6) is 0 Å². The Morgan fingerprint density at radius 2 is 1.83 bits per heavy atom. The zero-order chi connectivity index (χ0) is 16.7. The van der Waals surface area contributed by atoms with Crippen LogP contribution in [0.15, 0.2) is 23.4 Å². The second-order valence-electron chi connectivity index (χ2n) is 6.51. The summed E-state index contributed by atoms with van der Waals surface area (Å²) < 4.78 is 0. The molecule has 6 nitrogen and oxygen atoms in total. The Morgan fingerprint density at radius 3 is 2.43 bits per heavy atom. The monoisotopic (exact) mass is 315 g/mol. The number of oxime groups is 1. The molecule has 0 spiro atoms. The lowest BCUT2D eigenvalue weighted by Crippen LogP contribution is -2.36. The van der Waals surface area contributed by atoms with E-state index in [0.29, 0.717) is 24.4 Å². The number of benzene rings is 1. The van der Waals surface area contributed by atoms with E-state index in [4.69, 9.17) is 4.84 Å². The van der Waals surface area contributed by atoms with E-state index in [1.54, 1.807) is 19.0 Å². The summed E-state index contributed by atoms with van der Waals surface area (Å²) >= 11 is 0. The summed E-state index contributed by atoms with van der Waals surface area (Å²) in [5.74, 6) is -0.315. The highest BCUT2D eigenvalue weighted by Gasteiger charge is 2.46. The SMILES string of the molecule is Cc1cc(C)cc(C(=O)N2C[C@@H]3C(C(=O)N(C)C)=NO[C@@H]3C2)c1. The highest BCUT2D eigenvalue weighted by molar-refractivity contribution is 6.40. The Bertz CT molecular complexity index is 676. The van der Waals surface area contributed by atoms with Gasteiger partial charge in [-0.15, -0.1) is 0 Å². The number of carbonyl (C=O) groups is 2. The first-order chi connectivity index (χ1) is 10.9. The summed E-state index contributed by atoms with van der Waals surface area (Å²) in [4.78, 5) is 33.5. The third-order valence-corrected chi connectivity index (χ3v) is 4.29. The fraction of sp³-hybridized carbons (Fsp3) is 0.471. The maximum atomic E-state index is 12.7. The number of likely N-dealkylation sites (tertiary alicyclic amines) is 1. The normalized spacial score (nSPS) is 22.4. The first-order valence-corrected chi connectivity index (χ1v) is 7.69. The molecule has 0 saturated carbocycles. The van der Waals surface area contributed by atoms with E-state index in [-0.39, 0.29) is 23.8 Å². The highest BCUT2D eigenvalue weighted by Crippen LogP contribution is 2.29. The Kier molecular flexibility index (Phi) is 3.83. The molecule has 3 rings (SSSR count). The molecule has 23 heavy (non-hydrogen) atoms. The number of nitrogens with zero attached hydrogens (tertiary/aromatic N) is 3. The fourth-order valence-electron chi connectivity index (χ4n) is 3.21. The smallest absolute Gasteiger partial charge is 0.271 e. The van der Waals surface area contributed by atoms with Crippen molar-refractivity contribution in [3.63, 3.8) is 0 Å². The van der Waals surface area contributed by atoms with Crippen LogP contribution in [0, 0.1) is 19.8 Å². The number of fused-ring (bicyclic) bond motifs is 1. The van der Waals surface area contributed by atoms with E-state index in [2.05, 4.69) is 5.16 Å². The molecule has 2 aliphatic heterocycles. The van der Waals surface area contributed by atoms with E-state index >= 15 is 0 Å². The second-order valence-corrected chi connectivity index (χ2v) is 6.51. The van der Waals surface area contributed by atoms with Crippen LogP contribution in [0.4, 0.5) is 0 Å². The molecule has 0 bridgehead atoms. The summed E-state index contributed by atoms with van der Waals surface area (Å²) in [6.07, 6.45) is -0.219. The maximum absolute atomic E-state index is 12.7. The molecule has 2 amide bonds. The summed E-state index contributed by atoms with van der Waals surface area (Å²) in [5, 5.41) is 3.92. The van der Waals surface area contributed by atoms with Crippen LogP contribution in [-0.4, -0.2) is 60.6 Å². The minimum atomic E-state index is -0.219. The van der Waals surface area contributed by atoms with Gasteiger partial charge in [0.15, 0.2) is 11.8 Å². The molecule has 0 unspecified atom stereocenters. The van der Waals surface area contributed by atoms with Crippen LogP contribution < -0.4 is 0 Å². The Morgan fingerprint density at radius 1 is 1.17 bits per heavy atom. The summed E-state index contributed by atoms with van der Waals surface area (Å²) in [6.45, 7) is 4.89. The Labute approximate surface area is 135 Å². The van der Waals surface area contributed by atoms with Gasteiger partial charge in [-0.1, -0.05) is 22.3 Å². The number of amides is 2. The van der Waals surface area contributed by atoms with Gasteiger partial charge in [-0.25, -0.2) is 0 Å². The van der Waals surface area contributed by atoms with E-state index in [9.17, 15) is 9.59 Å². The molecular weight excluding hydrogens is 294 g/mol. The minimum absolute atomic E-state index is 0.0218. The van der Waals surface area contributed by atoms with E-state index < -0.39 is 0 Å². The average molecular weight is 315 g/mol. The van der Waals surface area contributed by atoms with Gasteiger partial charge in [-0.2, -0.15) is 0 Å². The molecule has 0 N–H and O–H groups in total. The predicted octanol–water partition coefficient (Wildman–Crippen LogP) is 1.22. The lowest BCUT2D eigenvalue weighted by molar-refractivity contribution is -0.122. The summed E-state index contributed by atoms with van der Waals surface area (Å²) in [6, 6.07) is 5.83. The van der Waals surface area contributed by atoms with Crippen molar-refractivity contribution in [2.45, 2.75) is 20.0 Å². The van der Waals surface area contributed by atoms with Gasteiger partial charge in [0.25, 0.3) is 11.8 Å². The number of rotatable bonds is 2. The summed E-state index contributed by atoms with van der Waals surface area (Å²) in [5.41, 5.74) is 3.22. The van der Waals surface area contributed by atoms with Gasteiger partial charge < -0.3 is 14.6 Å². The van der Waals surface area contributed by atoms with Crippen molar-refractivity contribution < 1.29 is 14.4 Å². The molecule has 0 radical (unpaired) electrons. The maximum Gasteiger partial charge on any atom is 0.271 e. The lowest BCUT2D eigenvalue weighted by atomic mass is 10.00. The van der Waals surface area contributed by atoms with Crippen LogP contribution in [0.1, 0.15) is 21.5 Å². The topological polar surface area (TPSA) is 62.2 Å². The molecule has 1 fully saturated rings. The van der Waals surface area contributed by atoms with E-state index in [0.717, 1.165) is 11.1 Å². The molecule has 122 valence electrons. The van der Waals surface area contributed by atoms with Crippen LogP contribution in [0.2, 0.25) is 0 Å². The van der Waals surface area contributed by atoms with Crippen LogP contribution >= 0.6 is 0 Å². The molecule has 6 heteroatoms. The van der Waals surface area contributed by atoms with Crippen molar-refractivity contribution in [2.24, 2.45) is 11.1 Å². The van der Waals surface area contributed by atoms with Crippen LogP contribution in [0.3, 0.4) is 0 Å². The van der Waals surface area contributed by atoms with Crippen molar-refractivity contribution in [2.75, 3.05) is 27.2 Å². The third kappa shape index (κ3) is 2.81. The van der Waals surface area contributed by atoms with Crippen molar-refractivity contribution in [3.05, 3.63) is 34.9 Å². The zero-order valence-corrected chi connectivity index (χ0v) is 13.9. The molecule has 1 aromatic rings. The third-order valence-electron chi connectivity index (χ3n) is 4.29. The van der Waals surface area contributed by atoms with E-state index in [1.807, 2.05) is 32.0 Å². The number of hydrogen-bond donors (Lipinski definition) is 0. The molecule has 1 saturated heterocycles. The zero-order valence-electron chi connectivity index (χ0n) is 13.9. The Balaban J connectivity index is 1.77. The fourth-order valence-corrected chi connectivity index (χ4v) is 3.21. The predicted molar refractivity (Wildman–Crippen MR) is 86.3 cm³/mol. The minimum Gasteiger partial charge on any atom is -0.389 e. The molecule has 2 heterocycles. The van der Waals surface area contributed by atoms with Gasteiger partial charge in [-0.05, 0) is 26.0 Å². The molecule has 1 aromatic carbocycles. The van der Waals surface area contributed by atoms with Crippen molar-refractivity contribution in [3.8, 4) is 0 Å². The van der Waals surface area contributed by atoms with Gasteiger partial charge in [-0.3, -0.25) is 9.59 Å². The highest BCUT2D eigenvalue weighted by atomic mass is 16.6. The second kappa shape index (κ2) is 5.68. The van der Waals surface area contributed by atoms with Crippen LogP contribution in [-0.2, 0) is 9.63 Å². The van der Waals surface area contributed by atoms with Crippen LogP contribution in [0.25, 0.3) is 0 Å². The van der Waals surface area contributed by atoms with Crippen molar-refractivity contribution in [1.29, 1.82) is 0 Å². The molecule has 2 atom stereocenters. The van der Waals surface area contributed by atoms with Gasteiger partial charge >= 0.3 is 0 Å². The van der Waals surface area contributed by atoms with Crippen molar-refractivity contribution in [1.82, 2.24) is 9.80 Å². The molecule has 0 aromatic heterocycles. The molecule has 2 aliphatic rings.